The van der Waals surface area contributed by atoms with Gasteiger partial charge in [0.25, 0.3) is 0 Å². The molecule has 0 amide bonds. The molecule has 0 aromatic rings. The third-order valence-corrected chi connectivity index (χ3v) is 2.86. The van der Waals surface area contributed by atoms with Gasteiger partial charge in [-0.1, -0.05) is 13.8 Å². The van der Waals surface area contributed by atoms with E-state index in [0.717, 1.165) is 19.0 Å². The smallest absolute Gasteiger partial charge is 0.0189 e. The molecule has 0 bridgehead atoms. The zero-order chi connectivity index (χ0) is 12.6. The molecule has 0 aromatic heterocycles. The van der Waals surface area contributed by atoms with Crippen LogP contribution >= 0.6 is 0 Å². The number of hydrogen-bond acceptors (Lipinski definition) is 3. The second-order valence-corrected chi connectivity index (χ2v) is 5.54. The lowest BCUT2D eigenvalue weighted by atomic mass is 10.2. The van der Waals surface area contributed by atoms with Gasteiger partial charge in [-0.05, 0) is 60.0 Å². The Kier molecular flexibility index (Phi) is 8.90. The van der Waals surface area contributed by atoms with Crippen molar-refractivity contribution in [2.24, 2.45) is 5.92 Å². The second kappa shape index (κ2) is 8.97. The molecule has 98 valence electrons. The van der Waals surface area contributed by atoms with Crippen molar-refractivity contribution in [3.8, 4) is 0 Å². The predicted molar refractivity (Wildman–Crippen MR) is 73.0 cm³/mol. The standard InChI is InChI=1S/C13H31N3/c1-12(2)10-14-11-13(3)16(6)9-7-8-15(4)5/h12-14H,7-11H2,1-6H3. The molecule has 3 nitrogen and oxygen atoms in total. The first-order chi connectivity index (χ1) is 7.43. The third-order valence-electron chi connectivity index (χ3n) is 2.86. The van der Waals surface area contributed by atoms with Gasteiger partial charge >= 0.3 is 0 Å². The Morgan fingerprint density at radius 1 is 0.938 bits per heavy atom. The lowest BCUT2D eigenvalue weighted by molar-refractivity contribution is 0.235. The van der Waals surface area contributed by atoms with Crippen LogP contribution in [0.4, 0.5) is 0 Å². The topological polar surface area (TPSA) is 18.5 Å². The van der Waals surface area contributed by atoms with E-state index in [1.165, 1.54) is 19.5 Å². The van der Waals surface area contributed by atoms with Crippen molar-refractivity contribution in [1.29, 1.82) is 0 Å². The van der Waals surface area contributed by atoms with Gasteiger partial charge < -0.3 is 15.1 Å². The molecule has 3 heteroatoms. The first-order valence-electron chi connectivity index (χ1n) is 6.49. The van der Waals surface area contributed by atoms with E-state index in [-0.39, 0.29) is 0 Å². The fourth-order valence-corrected chi connectivity index (χ4v) is 1.59. The fraction of sp³-hybridized carbons (Fsp3) is 1.00. The maximum Gasteiger partial charge on any atom is 0.0189 e. The summed E-state index contributed by atoms with van der Waals surface area (Å²) in [6.45, 7) is 11.4. The average Bonchev–Trinajstić information content (AvgIpc) is 2.16. The van der Waals surface area contributed by atoms with E-state index in [9.17, 15) is 0 Å². The molecule has 1 N–H and O–H groups in total. The second-order valence-electron chi connectivity index (χ2n) is 5.54. The Morgan fingerprint density at radius 2 is 1.56 bits per heavy atom. The number of nitrogens with one attached hydrogen (secondary N) is 1. The molecule has 16 heavy (non-hydrogen) atoms. The summed E-state index contributed by atoms with van der Waals surface area (Å²) in [4.78, 5) is 4.69. The molecule has 0 spiro atoms. The van der Waals surface area contributed by atoms with Crippen molar-refractivity contribution >= 4 is 0 Å². The van der Waals surface area contributed by atoms with Crippen LogP contribution in [0.15, 0.2) is 0 Å². The minimum atomic E-state index is 0.626. The zero-order valence-corrected chi connectivity index (χ0v) is 12.1. The molecule has 0 aliphatic rings. The first kappa shape index (κ1) is 15.9. The molecule has 0 saturated carbocycles. The highest BCUT2D eigenvalue weighted by Crippen LogP contribution is 1.97. The number of hydrogen-bond donors (Lipinski definition) is 1. The minimum absolute atomic E-state index is 0.626. The quantitative estimate of drug-likeness (QED) is 0.646. The van der Waals surface area contributed by atoms with E-state index in [1.54, 1.807) is 0 Å². The summed E-state index contributed by atoms with van der Waals surface area (Å²) in [5, 5.41) is 3.51. The molecule has 0 radical (unpaired) electrons. The van der Waals surface area contributed by atoms with E-state index in [4.69, 9.17) is 0 Å². The maximum atomic E-state index is 3.51. The highest BCUT2D eigenvalue weighted by Gasteiger charge is 2.08. The molecule has 0 aromatic carbocycles. The van der Waals surface area contributed by atoms with E-state index in [2.05, 4.69) is 57.0 Å². The van der Waals surface area contributed by atoms with E-state index < -0.39 is 0 Å². The summed E-state index contributed by atoms with van der Waals surface area (Å²) in [5.41, 5.74) is 0. The number of rotatable bonds is 9. The third kappa shape index (κ3) is 9.13. The Hall–Kier alpha value is -0.120. The monoisotopic (exact) mass is 229 g/mol. The Morgan fingerprint density at radius 3 is 2.06 bits per heavy atom. The molecular weight excluding hydrogens is 198 g/mol. The molecule has 0 saturated heterocycles. The largest absolute Gasteiger partial charge is 0.315 e. The molecule has 1 unspecified atom stereocenters. The van der Waals surface area contributed by atoms with Crippen LogP contribution in [0.25, 0.3) is 0 Å². The summed E-state index contributed by atoms with van der Waals surface area (Å²) in [6.07, 6.45) is 1.25. The van der Waals surface area contributed by atoms with Crippen molar-refractivity contribution in [3.05, 3.63) is 0 Å². The van der Waals surface area contributed by atoms with Crippen LogP contribution < -0.4 is 5.32 Å². The van der Waals surface area contributed by atoms with E-state index in [0.29, 0.717) is 6.04 Å². The summed E-state index contributed by atoms with van der Waals surface area (Å²) < 4.78 is 0. The van der Waals surface area contributed by atoms with Crippen molar-refractivity contribution in [2.45, 2.75) is 33.2 Å². The van der Waals surface area contributed by atoms with Gasteiger partial charge in [-0.25, -0.2) is 0 Å². The Bertz CT molecular complexity index is 139. The summed E-state index contributed by atoms with van der Waals surface area (Å²) >= 11 is 0. The van der Waals surface area contributed by atoms with Gasteiger partial charge in [0, 0.05) is 12.6 Å². The van der Waals surface area contributed by atoms with Crippen LogP contribution in [0.3, 0.4) is 0 Å². The van der Waals surface area contributed by atoms with Crippen LogP contribution in [0.1, 0.15) is 27.2 Å². The Balaban J connectivity index is 3.52. The van der Waals surface area contributed by atoms with Gasteiger partial charge in [0.2, 0.25) is 0 Å². The fourth-order valence-electron chi connectivity index (χ4n) is 1.59. The zero-order valence-electron chi connectivity index (χ0n) is 12.1. The molecule has 0 fully saturated rings. The van der Waals surface area contributed by atoms with E-state index >= 15 is 0 Å². The van der Waals surface area contributed by atoms with Crippen LogP contribution in [-0.4, -0.2) is 63.2 Å². The van der Waals surface area contributed by atoms with Crippen LogP contribution in [0, 0.1) is 5.92 Å². The number of nitrogens with zero attached hydrogens (tertiary/aromatic N) is 2. The minimum Gasteiger partial charge on any atom is -0.315 e. The highest BCUT2D eigenvalue weighted by molar-refractivity contribution is 4.67. The molecular formula is C13H31N3. The molecule has 0 aliphatic carbocycles. The highest BCUT2D eigenvalue weighted by atomic mass is 15.1. The first-order valence-corrected chi connectivity index (χ1v) is 6.49. The van der Waals surface area contributed by atoms with Gasteiger partial charge in [0.15, 0.2) is 0 Å². The summed E-state index contributed by atoms with van der Waals surface area (Å²) in [5.74, 6) is 0.742. The van der Waals surface area contributed by atoms with Crippen molar-refractivity contribution in [3.63, 3.8) is 0 Å². The van der Waals surface area contributed by atoms with Crippen LogP contribution in [0.2, 0.25) is 0 Å². The van der Waals surface area contributed by atoms with E-state index in [1.807, 2.05) is 0 Å². The van der Waals surface area contributed by atoms with Gasteiger partial charge in [0.1, 0.15) is 0 Å². The van der Waals surface area contributed by atoms with Gasteiger partial charge in [0.05, 0.1) is 0 Å². The lowest BCUT2D eigenvalue weighted by Gasteiger charge is -2.26. The molecule has 0 heterocycles. The summed E-state index contributed by atoms with van der Waals surface area (Å²) in [7, 11) is 6.48. The van der Waals surface area contributed by atoms with Crippen molar-refractivity contribution < 1.29 is 0 Å². The maximum absolute atomic E-state index is 3.51. The van der Waals surface area contributed by atoms with Gasteiger partial charge in [-0.2, -0.15) is 0 Å². The van der Waals surface area contributed by atoms with Crippen molar-refractivity contribution in [2.75, 3.05) is 47.3 Å². The van der Waals surface area contributed by atoms with Crippen LogP contribution in [0.5, 0.6) is 0 Å². The van der Waals surface area contributed by atoms with Gasteiger partial charge in [-0.3, -0.25) is 0 Å². The Labute approximate surface area is 102 Å². The molecule has 1 atom stereocenters. The summed E-state index contributed by atoms with van der Waals surface area (Å²) in [6, 6.07) is 0.626. The predicted octanol–water partition coefficient (Wildman–Crippen LogP) is 1.50. The van der Waals surface area contributed by atoms with Crippen LogP contribution in [-0.2, 0) is 0 Å². The van der Waals surface area contributed by atoms with Crippen molar-refractivity contribution in [1.82, 2.24) is 15.1 Å². The lowest BCUT2D eigenvalue weighted by Crippen LogP contribution is -2.39. The number of likely N-dealkylation sites (N-methyl/N-ethyl adjacent to an activating group) is 1. The van der Waals surface area contributed by atoms with Gasteiger partial charge in [-0.15, -0.1) is 0 Å². The molecule has 0 aliphatic heterocycles. The molecule has 0 rings (SSSR count). The SMILES string of the molecule is CC(C)CNCC(C)N(C)CCCN(C)C. The average molecular weight is 229 g/mol. The normalized spacial score (nSPS) is 14.1.